The second-order valence-electron chi connectivity index (χ2n) is 8.34. The van der Waals surface area contributed by atoms with Gasteiger partial charge in [0.05, 0.1) is 0 Å². The first-order valence-electron chi connectivity index (χ1n) is 10.8. The predicted molar refractivity (Wildman–Crippen MR) is 115 cm³/mol. The van der Waals surface area contributed by atoms with Crippen LogP contribution >= 0.6 is 0 Å². The van der Waals surface area contributed by atoms with Gasteiger partial charge in [0.25, 0.3) is 5.91 Å². The van der Waals surface area contributed by atoms with Gasteiger partial charge in [0.15, 0.2) is 0 Å². The third kappa shape index (κ3) is 7.44. The van der Waals surface area contributed by atoms with Crippen LogP contribution in [0.25, 0.3) is 0 Å². The zero-order valence-electron chi connectivity index (χ0n) is 18.1. The van der Waals surface area contributed by atoms with Crippen LogP contribution in [0.5, 0.6) is 5.75 Å². The molecule has 1 amide bonds. The van der Waals surface area contributed by atoms with Crippen LogP contribution in [0.15, 0.2) is 24.3 Å². The lowest BCUT2D eigenvalue weighted by Crippen LogP contribution is -2.43. The van der Waals surface area contributed by atoms with E-state index in [1.807, 2.05) is 38.1 Å². The number of hydrogen-bond donors (Lipinski definition) is 1. The van der Waals surface area contributed by atoms with Crippen molar-refractivity contribution < 1.29 is 14.3 Å². The Kier molecular flexibility index (Phi) is 9.26. The molecule has 0 aliphatic carbocycles. The van der Waals surface area contributed by atoms with E-state index in [1.54, 1.807) is 0 Å². The smallest absolute Gasteiger partial charge is 0.256 e. The van der Waals surface area contributed by atoms with Crippen LogP contribution in [0.4, 0.5) is 5.69 Å². The van der Waals surface area contributed by atoms with Crippen LogP contribution in [0.3, 0.4) is 0 Å². The Labute approximate surface area is 170 Å². The number of amides is 1. The summed E-state index contributed by atoms with van der Waals surface area (Å²) in [5, 5.41) is 2.99. The fourth-order valence-electron chi connectivity index (χ4n) is 3.86. The highest BCUT2D eigenvalue weighted by molar-refractivity contribution is 5.97. The molecule has 28 heavy (non-hydrogen) atoms. The number of nitrogens with zero attached hydrogens (tertiary/aromatic N) is 1. The minimum Gasteiger partial charge on any atom is -0.492 e. The Hall–Kier alpha value is -1.59. The molecular weight excluding hydrogens is 352 g/mol. The number of anilines is 1. The molecule has 1 aromatic rings. The quantitative estimate of drug-likeness (QED) is 0.628. The monoisotopic (exact) mass is 390 g/mol. The average molecular weight is 391 g/mol. The topological polar surface area (TPSA) is 50.8 Å². The Morgan fingerprint density at radius 3 is 2.36 bits per heavy atom. The van der Waals surface area contributed by atoms with Crippen molar-refractivity contribution in [1.82, 2.24) is 4.90 Å². The van der Waals surface area contributed by atoms with E-state index in [9.17, 15) is 4.79 Å². The van der Waals surface area contributed by atoms with Gasteiger partial charge in [-0.1, -0.05) is 26.7 Å². The number of benzene rings is 1. The molecule has 0 saturated carbocycles. The van der Waals surface area contributed by atoms with Crippen LogP contribution in [-0.4, -0.2) is 49.3 Å². The van der Waals surface area contributed by atoms with Crippen molar-refractivity contribution in [2.45, 2.75) is 65.4 Å². The average Bonchev–Trinajstić information content (AvgIpc) is 2.91. The fraction of sp³-hybridized carbons (Fsp3) is 0.696. The van der Waals surface area contributed by atoms with Crippen LogP contribution in [-0.2, 0) is 9.53 Å². The molecule has 0 bridgehead atoms. The molecule has 1 saturated heterocycles. The highest BCUT2D eigenvalue weighted by Gasteiger charge is 2.34. The van der Waals surface area contributed by atoms with Gasteiger partial charge in [0, 0.05) is 18.8 Å². The Morgan fingerprint density at radius 1 is 1.14 bits per heavy atom. The van der Waals surface area contributed by atoms with Gasteiger partial charge in [-0.3, -0.25) is 9.69 Å². The number of rotatable bonds is 10. The highest BCUT2D eigenvalue weighted by atomic mass is 16.5. The number of nitrogens with one attached hydrogen (secondary N) is 1. The molecule has 1 aliphatic heterocycles. The normalized spacial score (nSPS) is 17.8. The number of carbonyl (C=O) groups excluding carboxylic acids is 1. The summed E-state index contributed by atoms with van der Waals surface area (Å²) in [6.07, 6.45) is 5.98. The van der Waals surface area contributed by atoms with Crippen LogP contribution < -0.4 is 10.1 Å². The lowest BCUT2D eigenvalue weighted by molar-refractivity contribution is -0.140. The largest absolute Gasteiger partial charge is 0.492 e. The first kappa shape index (κ1) is 22.7. The molecule has 5 heteroatoms. The Balaban J connectivity index is 1.83. The molecule has 5 nitrogen and oxygen atoms in total. The zero-order valence-corrected chi connectivity index (χ0v) is 18.1. The van der Waals surface area contributed by atoms with Crippen molar-refractivity contribution in [1.29, 1.82) is 0 Å². The molecule has 158 valence electrons. The molecule has 1 heterocycles. The highest BCUT2D eigenvalue weighted by Crippen LogP contribution is 2.24. The predicted octanol–water partition coefficient (Wildman–Crippen LogP) is 4.72. The molecule has 1 aliphatic rings. The van der Waals surface area contributed by atoms with E-state index in [1.165, 1.54) is 38.8 Å². The molecule has 1 unspecified atom stereocenters. The van der Waals surface area contributed by atoms with E-state index in [0.29, 0.717) is 25.6 Å². The van der Waals surface area contributed by atoms with Gasteiger partial charge in [-0.15, -0.1) is 0 Å². The second-order valence-corrected chi connectivity index (χ2v) is 8.34. The summed E-state index contributed by atoms with van der Waals surface area (Å²) in [5.41, 5.74) is -0.0508. The molecule has 1 aromatic carbocycles. The molecule has 1 N–H and O–H groups in total. The maximum Gasteiger partial charge on any atom is 0.256 e. The van der Waals surface area contributed by atoms with Crippen molar-refractivity contribution in [3.05, 3.63) is 24.3 Å². The van der Waals surface area contributed by atoms with Gasteiger partial charge in [0.2, 0.25) is 0 Å². The van der Waals surface area contributed by atoms with Crippen LogP contribution in [0.1, 0.15) is 59.8 Å². The second kappa shape index (κ2) is 11.4. The SMILES string of the molecule is CCOC(C)(CC(C)C)C(=O)Nc1ccc(OCCN2CCCCCC2)cc1. The van der Waals surface area contributed by atoms with Gasteiger partial charge in [-0.2, -0.15) is 0 Å². The molecule has 0 spiro atoms. The lowest BCUT2D eigenvalue weighted by Gasteiger charge is -2.29. The van der Waals surface area contributed by atoms with E-state index in [-0.39, 0.29) is 5.91 Å². The van der Waals surface area contributed by atoms with Gasteiger partial charge in [-0.25, -0.2) is 0 Å². The third-order valence-electron chi connectivity index (χ3n) is 5.23. The minimum absolute atomic E-state index is 0.0992. The Bertz CT molecular complexity index is 580. The van der Waals surface area contributed by atoms with Crippen molar-refractivity contribution in [2.24, 2.45) is 5.92 Å². The summed E-state index contributed by atoms with van der Waals surface area (Å²) in [4.78, 5) is 15.2. The van der Waals surface area contributed by atoms with Gasteiger partial charge < -0.3 is 14.8 Å². The van der Waals surface area contributed by atoms with E-state index < -0.39 is 5.60 Å². The maximum atomic E-state index is 12.7. The number of hydrogen-bond acceptors (Lipinski definition) is 4. The summed E-state index contributed by atoms with van der Waals surface area (Å²) < 4.78 is 11.7. The lowest BCUT2D eigenvalue weighted by atomic mass is 9.93. The van der Waals surface area contributed by atoms with Crippen LogP contribution in [0, 0.1) is 5.92 Å². The third-order valence-corrected chi connectivity index (χ3v) is 5.23. The van der Waals surface area contributed by atoms with E-state index in [2.05, 4.69) is 24.1 Å². The molecule has 2 rings (SSSR count). The van der Waals surface area contributed by atoms with Crippen molar-refractivity contribution in [2.75, 3.05) is 38.2 Å². The van der Waals surface area contributed by atoms with Gasteiger partial charge in [-0.05, 0) is 76.4 Å². The molecule has 0 aromatic heterocycles. The Morgan fingerprint density at radius 2 is 1.79 bits per heavy atom. The number of carbonyl (C=O) groups is 1. The van der Waals surface area contributed by atoms with Crippen molar-refractivity contribution in [3.63, 3.8) is 0 Å². The molecule has 0 radical (unpaired) electrons. The number of likely N-dealkylation sites (tertiary alicyclic amines) is 1. The maximum absolute atomic E-state index is 12.7. The fourth-order valence-corrected chi connectivity index (χ4v) is 3.86. The first-order valence-corrected chi connectivity index (χ1v) is 10.8. The first-order chi connectivity index (χ1) is 13.4. The van der Waals surface area contributed by atoms with Crippen molar-refractivity contribution >= 4 is 11.6 Å². The summed E-state index contributed by atoms with van der Waals surface area (Å²) in [6, 6.07) is 7.61. The summed E-state index contributed by atoms with van der Waals surface area (Å²) in [5.74, 6) is 1.11. The van der Waals surface area contributed by atoms with E-state index in [4.69, 9.17) is 9.47 Å². The van der Waals surface area contributed by atoms with E-state index in [0.717, 1.165) is 18.0 Å². The van der Waals surface area contributed by atoms with Gasteiger partial charge >= 0.3 is 0 Å². The molecular formula is C23H38N2O3. The van der Waals surface area contributed by atoms with E-state index >= 15 is 0 Å². The summed E-state index contributed by atoms with van der Waals surface area (Å²) in [7, 11) is 0. The van der Waals surface area contributed by atoms with Crippen molar-refractivity contribution in [3.8, 4) is 5.75 Å². The number of ether oxygens (including phenoxy) is 2. The van der Waals surface area contributed by atoms with Gasteiger partial charge in [0.1, 0.15) is 18.0 Å². The molecule has 1 atom stereocenters. The summed E-state index contributed by atoms with van der Waals surface area (Å²) in [6.45, 7) is 12.5. The molecule has 1 fully saturated rings. The van der Waals surface area contributed by atoms with Crippen LogP contribution in [0.2, 0.25) is 0 Å². The zero-order chi connectivity index (χ0) is 20.4. The summed E-state index contributed by atoms with van der Waals surface area (Å²) >= 11 is 0. The standard InChI is InChI=1S/C23H38N2O3/c1-5-28-23(4,18-19(2)3)22(26)24-20-10-12-21(13-11-20)27-17-16-25-14-8-6-7-9-15-25/h10-13,19H,5-9,14-18H2,1-4H3,(H,24,26). The minimum atomic E-state index is -0.814.